The van der Waals surface area contributed by atoms with Crippen LogP contribution in [0.15, 0.2) is 24.3 Å². The van der Waals surface area contributed by atoms with Crippen molar-refractivity contribution in [3.05, 3.63) is 24.3 Å². The normalized spacial score (nSPS) is 18.5. The van der Waals surface area contributed by atoms with E-state index >= 15 is 0 Å². The van der Waals surface area contributed by atoms with Crippen LogP contribution >= 0.6 is 0 Å². The zero-order valence-corrected chi connectivity index (χ0v) is 15.5. The summed E-state index contributed by atoms with van der Waals surface area (Å²) in [5, 5.41) is 0. The molecule has 3 rings (SSSR count). The number of likely N-dealkylation sites (tertiary alicyclic amines) is 2. The summed E-state index contributed by atoms with van der Waals surface area (Å²) < 4.78 is 10.7. The number of carbonyl (C=O) groups excluding carboxylic acids is 2. The molecule has 0 radical (unpaired) electrons. The second-order valence-corrected chi connectivity index (χ2v) is 7.01. The van der Waals surface area contributed by atoms with Crippen LogP contribution in [-0.4, -0.2) is 61.5 Å². The van der Waals surface area contributed by atoms with Gasteiger partial charge in [0.2, 0.25) is 5.91 Å². The summed E-state index contributed by atoms with van der Waals surface area (Å²) in [7, 11) is 1.61. The minimum atomic E-state index is -0.0234. The summed E-state index contributed by atoms with van der Waals surface area (Å²) in [5.41, 5.74) is 0. The van der Waals surface area contributed by atoms with Crippen molar-refractivity contribution in [2.75, 3.05) is 39.9 Å². The summed E-state index contributed by atoms with van der Waals surface area (Å²) in [4.78, 5) is 28.8. The van der Waals surface area contributed by atoms with Gasteiger partial charge in [-0.3, -0.25) is 9.59 Å². The molecule has 0 aromatic heterocycles. The van der Waals surface area contributed by atoms with Crippen molar-refractivity contribution in [2.45, 2.75) is 32.1 Å². The highest BCUT2D eigenvalue weighted by Crippen LogP contribution is 2.22. The summed E-state index contributed by atoms with van der Waals surface area (Å²) >= 11 is 0. The maximum Gasteiger partial charge on any atom is 0.260 e. The monoisotopic (exact) mass is 360 g/mol. The van der Waals surface area contributed by atoms with Gasteiger partial charge >= 0.3 is 0 Å². The molecule has 1 aromatic carbocycles. The number of nitrogens with zero attached hydrogens (tertiary/aromatic N) is 2. The second-order valence-electron chi connectivity index (χ2n) is 7.01. The fourth-order valence-electron chi connectivity index (χ4n) is 3.66. The fraction of sp³-hybridized carbons (Fsp3) is 0.600. The number of methoxy groups -OCH3 is 1. The predicted octanol–water partition coefficient (Wildman–Crippen LogP) is 2.33. The minimum absolute atomic E-state index is 0.0234. The van der Waals surface area contributed by atoms with Crippen LogP contribution in [0.2, 0.25) is 0 Å². The molecule has 0 spiro atoms. The molecular weight excluding hydrogens is 332 g/mol. The maximum absolute atomic E-state index is 12.6. The SMILES string of the molecule is COc1ccc(OCC(=O)N2CCC(C(=O)N3CCCCC3)CC2)cc1. The van der Waals surface area contributed by atoms with Gasteiger partial charge in [-0.05, 0) is 56.4 Å². The van der Waals surface area contributed by atoms with Crippen LogP contribution in [-0.2, 0) is 9.59 Å². The van der Waals surface area contributed by atoms with Crippen molar-refractivity contribution in [1.29, 1.82) is 0 Å². The van der Waals surface area contributed by atoms with Crippen LogP contribution in [0.25, 0.3) is 0 Å². The average molecular weight is 360 g/mol. The average Bonchev–Trinajstić information content (AvgIpc) is 2.72. The Hall–Kier alpha value is -2.24. The largest absolute Gasteiger partial charge is 0.497 e. The Balaban J connectivity index is 1.42. The van der Waals surface area contributed by atoms with Crippen LogP contribution in [0.1, 0.15) is 32.1 Å². The standard InChI is InChI=1S/C20H28N2O4/c1-25-17-5-7-18(8-6-17)26-15-19(23)21-13-9-16(10-14-21)20(24)22-11-3-2-4-12-22/h5-8,16H,2-4,9-15H2,1H3. The molecule has 2 fully saturated rings. The van der Waals surface area contributed by atoms with Gasteiger partial charge in [0.05, 0.1) is 7.11 Å². The number of carbonyl (C=O) groups is 2. The van der Waals surface area contributed by atoms with Gasteiger partial charge in [0.1, 0.15) is 11.5 Å². The number of amides is 2. The van der Waals surface area contributed by atoms with E-state index in [0.717, 1.165) is 44.5 Å². The Labute approximate surface area is 155 Å². The van der Waals surface area contributed by atoms with E-state index in [1.54, 1.807) is 31.4 Å². The first-order valence-corrected chi connectivity index (χ1v) is 9.51. The number of rotatable bonds is 5. The van der Waals surface area contributed by atoms with Crippen molar-refractivity contribution in [3.63, 3.8) is 0 Å². The van der Waals surface area contributed by atoms with Gasteiger partial charge in [-0.25, -0.2) is 0 Å². The Bertz CT molecular complexity index is 603. The van der Waals surface area contributed by atoms with E-state index in [0.29, 0.717) is 18.8 Å². The number of ether oxygens (including phenoxy) is 2. The summed E-state index contributed by atoms with van der Waals surface area (Å²) in [5.74, 6) is 1.73. The summed E-state index contributed by atoms with van der Waals surface area (Å²) in [6, 6.07) is 7.18. The van der Waals surface area contributed by atoms with Gasteiger partial charge in [-0.15, -0.1) is 0 Å². The molecule has 0 bridgehead atoms. The summed E-state index contributed by atoms with van der Waals surface area (Å²) in [6.07, 6.45) is 4.97. The third-order valence-corrected chi connectivity index (χ3v) is 5.29. The van der Waals surface area contributed by atoms with Crippen molar-refractivity contribution in [1.82, 2.24) is 9.80 Å². The van der Waals surface area contributed by atoms with Gasteiger partial charge in [-0.2, -0.15) is 0 Å². The smallest absolute Gasteiger partial charge is 0.260 e. The highest BCUT2D eigenvalue weighted by molar-refractivity contribution is 5.80. The van der Waals surface area contributed by atoms with Gasteiger partial charge in [0, 0.05) is 32.1 Å². The Kier molecular flexibility index (Phi) is 6.36. The number of hydrogen-bond acceptors (Lipinski definition) is 4. The first kappa shape index (κ1) is 18.5. The highest BCUT2D eigenvalue weighted by Gasteiger charge is 2.30. The van der Waals surface area contributed by atoms with Gasteiger partial charge in [0.25, 0.3) is 5.91 Å². The molecule has 6 heteroatoms. The van der Waals surface area contributed by atoms with Gasteiger partial charge in [0.15, 0.2) is 6.61 Å². The molecule has 0 aliphatic carbocycles. The van der Waals surface area contributed by atoms with Crippen LogP contribution in [0.3, 0.4) is 0 Å². The number of hydrogen-bond donors (Lipinski definition) is 0. The molecule has 142 valence electrons. The molecular formula is C20H28N2O4. The van der Waals surface area contributed by atoms with Crippen LogP contribution in [0, 0.1) is 5.92 Å². The zero-order valence-electron chi connectivity index (χ0n) is 15.5. The molecule has 0 unspecified atom stereocenters. The van der Waals surface area contributed by atoms with Gasteiger partial charge in [-0.1, -0.05) is 0 Å². The summed E-state index contributed by atoms with van der Waals surface area (Å²) in [6.45, 7) is 3.09. The van der Waals surface area contributed by atoms with E-state index in [-0.39, 0.29) is 24.3 Å². The molecule has 0 saturated carbocycles. The number of benzene rings is 1. The quantitative estimate of drug-likeness (QED) is 0.809. The van der Waals surface area contributed by atoms with E-state index in [9.17, 15) is 9.59 Å². The molecule has 0 atom stereocenters. The van der Waals surface area contributed by atoms with Gasteiger partial charge < -0.3 is 19.3 Å². The minimum Gasteiger partial charge on any atom is -0.497 e. The van der Waals surface area contributed by atoms with Crippen LogP contribution in [0.4, 0.5) is 0 Å². The lowest BCUT2D eigenvalue weighted by Gasteiger charge is -2.35. The molecule has 2 heterocycles. The fourth-order valence-corrected chi connectivity index (χ4v) is 3.66. The molecule has 2 aliphatic rings. The Morgan fingerprint density at radius 1 is 0.923 bits per heavy atom. The Morgan fingerprint density at radius 2 is 1.54 bits per heavy atom. The van der Waals surface area contributed by atoms with Crippen LogP contribution in [0.5, 0.6) is 11.5 Å². The maximum atomic E-state index is 12.6. The van der Waals surface area contributed by atoms with Crippen molar-refractivity contribution in [2.24, 2.45) is 5.92 Å². The van der Waals surface area contributed by atoms with Crippen molar-refractivity contribution >= 4 is 11.8 Å². The van der Waals surface area contributed by atoms with E-state index in [4.69, 9.17) is 9.47 Å². The molecule has 1 aromatic rings. The van der Waals surface area contributed by atoms with Crippen LogP contribution < -0.4 is 9.47 Å². The lowest BCUT2D eigenvalue weighted by molar-refractivity contribution is -0.142. The third-order valence-electron chi connectivity index (χ3n) is 5.29. The highest BCUT2D eigenvalue weighted by atomic mass is 16.5. The second kappa shape index (κ2) is 8.92. The molecule has 26 heavy (non-hydrogen) atoms. The van der Waals surface area contributed by atoms with E-state index in [1.807, 2.05) is 9.80 Å². The first-order chi connectivity index (χ1) is 12.7. The first-order valence-electron chi connectivity index (χ1n) is 9.51. The predicted molar refractivity (Wildman–Crippen MR) is 98.2 cm³/mol. The van der Waals surface area contributed by atoms with E-state index in [1.165, 1.54) is 6.42 Å². The van der Waals surface area contributed by atoms with Crippen molar-refractivity contribution in [3.8, 4) is 11.5 Å². The molecule has 6 nitrogen and oxygen atoms in total. The Morgan fingerprint density at radius 3 is 2.15 bits per heavy atom. The lowest BCUT2D eigenvalue weighted by atomic mass is 9.94. The third kappa shape index (κ3) is 4.68. The molecule has 0 N–H and O–H groups in total. The molecule has 2 aliphatic heterocycles. The zero-order chi connectivity index (χ0) is 18.4. The number of piperidine rings is 2. The lowest BCUT2D eigenvalue weighted by Crippen LogP contribution is -2.46. The molecule has 2 amide bonds. The molecule has 2 saturated heterocycles. The van der Waals surface area contributed by atoms with E-state index < -0.39 is 0 Å². The van der Waals surface area contributed by atoms with E-state index in [2.05, 4.69) is 0 Å². The topological polar surface area (TPSA) is 59.1 Å². The van der Waals surface area contributed by atoms with Crippen molar-refractivity contribution < 1.29 is 19.1 Å².